The number of esters is 1. The third kappa shape index (κ3) is 3.98. The number of hydrogen-bond donors (Lipinski definition) is 1. The Morgan fingerprint density at radius 2 is 1.95 bits per heavy atom. The van der Waals surface area contributed by atoms with Gasteiger partial charge in [-0.2, -0.15) is 0 Å². The minimum atomic E-state index is -0.560. The Morgan fingerprint density at radius 3 is 2.57 bits per heavy atom. The molecule has 0 amide bonds. The highest BCUT2D eigenvalue weighted by atomic mass is 32.2. The van der Waals surface area contributed by atoms with Gasteiger partial charge in [0.15, 0.2) is 0 Å². The highest BCUT2D eigenvalue weighted by Gasteiger charge is 2.12. The van der Waals surface area contributed by atoms with Crippen LogP contribution in [0.15, 0.2) is 47.4 Å². The maximum Gasteiger partial charge on any atom is 0.340 e. The zero-order chi connectivity index (χ0) is 15.2. The first-order valence-corrected chi connectivity index (χ1v) is 7.61. The van der Waals surface area contributed by atoms with Gasteiger partial charge in [-0.25, -0.2) is 9.18 Å². The molecule has 0 saturated heterocycles. The van der Waals surface area contributed by atoms with Gasteiger partial charge >= 0.3 is 5.97 Å². The maximum atomic E-state index is 13.3. The van der Waals surface area contributed by atoms with Crippen LogP contribution in [0.5, 0.6) is 0 Å². The van der Waals surface area contributed by atoms with E-state index in [4.69, 9.17) is 0 Å². The van der Waals surface area contributed by atoms with Crippen LogP contribution in [0.3, 0.4) is 0 Å². The summed E-state index contributed by atoms with van der Waals surface area (Å²) in [5.41, 5.74) is 1.82. The van der Waals surface area contributed by atoms with E-state index in [1.165, 1.54) is 30.2 Å². The van der Waals surface area contributed by atoms with Crippen molar-refractivity contribution in [3.8, 4) is 0 Å². The van der Waals surface area contributed by atoms with Crippen molar-refractivity contribution in [2.45, 2.75) is 11.4 Å². The molecule has 0 aliphatic carbocycles. The molecule has 0 aromatic heterocycles. The zero-order valence-electron chi connectivity index (χ0n) is 11.9. The van der Waals surface area contributed by atoms with Crippen LogP contribution in [0.2, 0.25) is 0 Å². The number of ether oxygens (including phenoxy) is 1. The second-order valence-electron chi connectivity index (χ2n) is 4.38. The largest absolute Gasteiger partial charge is 0.465 e. The molecule has 0 fully saturated rings. The van der Waals surface area contributed by atoms with Crippen molar-refractivity contribution in [3.63, 3.8) is 0 Å². The van der Waals surface area contributed by atoms with Crippen molar-refractivity contribution in [2.24, 2.45) is 0 Å². The molecule has 0 bridgehead atoms. The Bertz CT molecular complexity index is 629. The van der Waals surface area contributed by atoms with Crippen molar-refractivity contribution in [3.05, 3.63) is 59.4 Å². The van der Waals surface area contributed by atoms with Gasteiger partial charge in [0.1, 0.15) is 5.82 Å². The SMILES string of the molecule is COC(=O)c1cc(F)ccc1NCc1ccc(SC)cc1. The molecule has 1 N–H and O–H groups in total. The molecule has 21 heavy (non-hydrogen) atoms. The summed E-state index contributed by atoms with van der Waals surface area (Å²) in [6.45, 7) is 0.546. The summed E-state index contributed by atoms with van der Waals surface area (Å²) >= 11 is 1.68. The number of rotatable bonds is 5. The van der Waals surface area contributed by atoms with E-state index >= 15 is 0 Å². The van der Waals surface area contributed by atoms with Crippen LogP contribution in [-0.4, -0.2) is 19.3 Å². The molecule has 0 spiro atoms. The monoisotopic (exact) mass is 305 g/mol. The molecule has 2 aromatic carbocycles. The highest BCUT2D eigenvalue weighted by molar-refractivity contribution is 7.98. The lowest BCUT2D eigenvalue weighted by Crippen LogP contribution is -2.08. The summed E-state index contributed by atoms with van der Waals surface area (Å²) < 4.78 is 17.9. The third-order valence-electron chi connectivity index (χ3n) is 3.03. The number of carbonyl (C=O) groups is 1. The fourth-order valence-corrected chi connectivity index (χ4v) is 2.30. The Hall–Kier alpha value is -2.01. The molecule has 2 aromatic rings. The van der Waals surface area contributed by atoms with Crippen molar-refractivity contribution >= 4 is 23.4 Å². The van der Waals surface area contributed by atoms with Gasteiger partial charge in [0.2, 0.25) is 0 Å². The second-order valence-corrected chi connectivity index (χ2v) is 5.26. The molecule has 5 heteroatoms. The smallest absolute Gasteiger partial charge is 0.340 e. The van der Waals surface area contributed by atoms with Crippen molar-refractivity contribution in [1.82, 2.24) is 0 Å². The molecule has 0 atom stereocenters. The normalized spacial score (nSPS) is 10.2. The van der Waals surface area contributed by atoms with Gasteiger partial charge in [-0.05, 0) is 42.2 Å². The maximum absolute atomic E-state index is 13.3. The van der Waals surface area contributed by atoms with Crippen LogP contribution >= 0.6 is 11.8 Å². The summed E-state index contributed by atoms with van der Waals surface area (Å²) in [5, 5.41) is 3.14. The van der Waals surface area contributed by atoms with Gasteiger partial charge in [-0.3, -0.25) is 0 Å². The van der Waals surface area contributed by atoms with E-state index in [0.29, 0.717) is 12.2 Å². The topological polar surface area (TPSA) is 38.3 Å². The minimum absolute atomic E-state index is 0.193. The minimum Gasteiger partial charge on any atom is -0.465 e. The standard InChI is InChI=1S/C16H16FNO2S/c1-20-16(19)14-9-12(17)5-8-15(14)18-10-11-3-6-13(21-2)7-4-11/h3-9,18H,10H2,1-2H3. The van der Waals surface area contributed by atoms with Crippen molar-refractivity contribution < 1.29 is 13.9 Å². The van der Waals surface area contributed by atoms with Gasteiger partial charge in [0.05, 0.1) is 12.7 Å². The number of nitrogens with one attached hydrogen (secondary N) is 1. The average molecular weight is 305 g/mol. The Balaban J connectivity index is 2.13. The molecular weight excluding hydrogens is 289 g/mol. The summed E-state index contributed by atoms with van der Waals surface area (Å²) in [6.07, 6.45) is 2.02. The zero-order valence-corrected chi connectivity index (χ0v) is 12.7. The first-order chi connectivity index (χ1) is 10.1. The van der Waals surface area contributed by atoms with Gasteiger partial charge in [-0.15, -0.1) is 11.8 Å². The molecule has 0 unspecified atom stereocenters. The number of carbonyl (C=O) groups excluding carboxylic acids is 1. The summed E-state index contributed by atoms with van der Waals surface area (Å²) in [7, 11) is 1.28. The average Bonchev–Trinajstić information content (AvgIpc) is 2.53. The van der Waals surface area contributed by atoms with Gasteiger partial charge < -0.3 is 10.1 Å². The lowest BCUT2D eigenvalue weighted by molar-refractivity contribution is 0.0601. The van der Waals surface area contributed by atoms with Crippen LogP contribution < -0.4 is 5.32 Å². The number of anilines is 1. The number of benzene rings is 2. The van der Waals surface area contributed by atoms with Gasteiger partial charge in [0.25, 0.3) is 0 Å². The van der Waals surface area contributed by atoms with Crippen LogP contribution in [0, 0.1) is 5.82 Å². The number of thioether (sulfide) groups is 1. The molecular formula is C16H16FNO2S. The van der Waals surface area contributed by atoms with Gasteiger partial charge in [0, 0.05) is 17.1 Å². The fourth-order valence-electron chi connectivity index (χ4n) is 1.89. The summed E-state index contributed by atoms with van der Waals surface area (Å²) in [5.74, 6) is -1.03. The second kappa shape index (κ2) is 7.13. The number of halogens is 1. The van der Waals surface area contributed by atoms with E-state index in [0.717, 1.165) is 5.56 Å². The Labute approximate surface area is 127 Å². The molecule has 110 valence electrons. The van der Waals surface area contributed by atoms with Gasteiger partial charge in [-0.1, -0.05) is 12.1 Å². The number of hydrogen-bond acceptors (Lipinski definition) is 4. The molecule has 0 radical (unpaired) electrons. The van der Waals surface area contributed by atoms with Crippen LogP contribution in [-0.2, 0) is 11.3 Å². The first kappa shape index (κ1) is 15.4. The number of methoxy groups -OCH3 is 1. The van der Waals surface area contributed by atoms with Crippen molar-refractivity contribution in [1.29, 1.82) is 0 Å². The van der Waals surface area contributed by atoms with E-state index in [1.807, 2.05) is 30.5 Å². The highest BCUT2D eigenvalue weighted by Crippen LogP contribution is 2.20. The molecule has 3 nitrogen and oxygen atoms in total. The van der Waals surface area contributed by atoms with E-state index in [2.05, 4.69) is 10.1 Å². The predicted octanol–water partition coefficient (Wildman–Crippen LogP) is 3.95. The summed E-state index contributed by atoms with van der Waals surface area (Å²) in [4.78, 5) is 12.8. The quantitative estimate of drug-likeness (QED) is 0.670. The third-order valence-corrected chi connectivity index (χ3v) is 3.77. The molecule has 0 heterocycles. The first-order valence-electron chi connectivity index (χ1n) is 6.38. The molecule has 0 aliphatic rings. The van der Waals surface area contributed by atoms with Crippen LogP contribution in [0.25, 0.3) is 0 Å². The molecule has 0 saturated carbocycles. The van der Waals surface area contributed by atoms with E-state index < -0.39 is 11.8 Å². The Kier molecular flexibility index (Phi) is 5.22. The van der Waals surface area contributed by atoms with Crippen LogP contribution in [0.1, 0.15) is 15.9 Å². The van der Waals surface area contributed by atoms with E-state index in [9.17, 15) is 9.18 Å². The van der Waals surface area contributed by atoms with E-state index in [-0.39, 0.29) is 5.56 Å². The Morgan fingerprint density at radius 1 is 1.24 bits per heavy atom. The predicted molar refractivity (Wildman–Crippen MR) is 83.3 cm³/mol. The van der Waals surface area contributed by atoms with Crippen molar-refractivity contribution in [2.75, 3.05) is 18.7 Å². The lowest BCUT2D eigenvalue weighted by atomic mass is 10.1. The molecule has 0 aliphatic heterocycles. The van der Waals surface area contributed by atoms with E-state index in [1.54, 1.807) is 11.8 Å². The lowest BCUT2D eigenvalue weighted by Gasteiger charge is -2.11. The fraction of sp³-hybridized carbons (Fsp3) is 0.188. The molecule has 2 rings (SSSR count). The summed E-state index contributed by atoms with van der Waals surface area (Å²) in [6, 6.07) is 12.1. The van der Waals surface area contributed by atoms with Crippen LogP contribution in [0.4, 0.5) is 10.1 Å².